The lowest BCUT2D eigenvalue weighted by atomic mass is 9.99. The number of aryl methyl sites for hydroxylation is 1. The van der Waals surface area contributed by atoms with Crippen LogP contribution in [0.15, 0.2) is 109 Å². The molecule has 4 aromatic carbocycles. The van der Waals surface area contributed by atoms with Crippen molar-refractivity contribution in [2.24, 2.45) is 5.73 Å². The minimum Gasteiger partial charge on any atom is -0.481 e. The summed E-state index contributed by atoms with van der Waals surface area (Å²) in [6.45, 7) is 0. The van der Waals surface area contributed by atoms with Gasteiger partial charge in [-0.25, -0.2) is 0 Å². The molecule has 220 valence electrons. The van der Waals surface area contributed by atoms with Gasteiger partial charge in [0.15, 0.2) is 0 Å². The van der Waals surface area contributed by atoms with Crippen molar-refractivity contribution in [1.82, 2.24) is 10.6 Å². The summed E-state index contributed by atoms with van der Waals surface area (Å²) in [5.41, 5.74) is 11.7. The van der Waals surface area contributed by atoms with Gasteiger partial charge in [0, 0.05) is 19.3 Å². The molecule has 0 saturated carbocycles. The summed E-state index contributed by atoms with van der Waals surface area (Å²) in [6, 6.07) is 33.4. The Kier molecular flexibility index (Phi) is 10.8. The summed E-state index contributed by atoms with van der Waals surface area (Å²) in [5.74, 6) is -2.88. The number of benzene rings is 4. The quantitative estimate of drug-likeness (QED) is 0.175. The van der Waals surface area contributed by atoms with Crippen LogP contribution in [0.1, 0.15) is 30.4 Å². The molecule has 0 saturated heterocycles. The smallest absolute Gasteiger partial charge is 0.303 e. The fraction of sp³-hybridized carbons (Fsp3) is 0.200. The standard InChI is InChI=1S/C35H35N3O5/c36-34(42)31(23-25-7-3-1-4-8-25)38-35(43)30(20-22-33(40)41)37-32(39)21-13-24-11-14-27(15-12-24)29-18-16-28(17-19-29)26-9-5-2-6-10-26/h1-12,14-19,30-31H,13,20-23H2,(H2,36,42)(H,37,39)(H,38,43)(H,40,41)/t30?,31-/m0/s1. The Morgan fingerprint density at radius 3 is 1.65 bits per heavy atom. The van der Waals surface area contributed by atoms with Crippen LogP contribution in [0.4, 0.5) is 0 Å². The van der Waals surface area contributed by atoms with E-state index >= 15 is 0 Å². The number of nitrogens with two attached hydrogens (primary N) is 1. The minimum atomic E-state index is -1.12. The number of primary amides is 1. The summed E-state index contributed by atoms with van der Waals surface area (Å²) in [6.07, 6.45) is 0.262. The number of amides is 3. The summed E-state index contributed by atoms with van der Waals surface area (Å²) in [4.78, 5) is 49.0. The first-order chi connectivity index (χ1) is 20.8. The van der Waals surface area contributed by atoms with Crippen molar-refractivity contribution < 1.29 is 24.3 Å². The zero-order valence-corrected chi connectivity index (χ0v) is 23.7. The topological polar surface area (TPSA) is 139 Å². The van der Waals surface area contributed by atoms with E-state index in [0.717, 1.165) is 33.4 Å². The van der Waals surface area contributed by atoms with Gasteiger partial charge in [-0.3, -0.25) is 19.2 Å². The predicted molar refractivity (Wildman–Crippen MR) is 166 cm³/mol. The third kappa shape index (κ3) is 9.39. The molecule has 8 nitrogen and oxygen atoms in total. The van der Waals surface area contributed by atoms with Crippen molar-refractivity contribution in [1.29, 1.82) is 0 Å². The van der Waals surface area contributed by atoms with Gasteiger partial charge in [0.1, 0.15) is 12.1 Å². The molecule has 4 rings (SSSR count). The molecule has 5 N–H and O–H groups in total. The van der Waals surface area contributed by atoms with Gasteiger partial charge >= 0.3 is 5.97 Å². The molecule has 0 aromatic heterocycles. The Hall–Kier alpha value is -5.24. The van der Waals surface area contributed by atoms with Crippen LogP contribution >= 0.6 is 0 Å². The molecule has 0 aliphatic rings. The number of hydrogen-bond donors (Lipinski definition) is 4. The van der Waals surface area contributed by atoms with Gasteiger partial charge in [-0.05, 0) is 46.2 Å². The van der Waals surface area contributed by atoms with Gasteiger partial charge < -0.3 is 21.5 Å². The normalized spacial score (nSPS) is 12.1. The van der Waals surface area contributed by atoms with Gasteiger partial charge in [0.25, 0.3) is 0 Å². The van der Waals surface area contributed by atoms with Crippen LogP contribution in [-0.4, -0.2) is 40.9 Å². The van der Waals surface area contributed by atoms with E-state index in [2.05, 4.69) is 47.0 Å². The van der Waals surface area contributed by atoms with Crippen LogP contribution in [0.25, 0.3) is 22.3 Å². The summed E-state index contributed by atoms with van der Waals surface area (Å²) in [5, 5.41) is 14.4. The predicted octanol–water partition coefficient (Wildman–Crippen LogP) is 4.52. The fourth-order valence-electron chi connectivity index (χ4n) is 4.76. The number of carboxylic acid groups (broad SMARTS) is 1. The van der Waals surface area contributed by atoms with Crippen LogP contribution in [-0.2, 0) is 32.0 Å². The first-order valence-corrected chi connectivity index (χ1v) is 14.2. The monoisotopic (exact) mass is 577 g/mol. The molecule has 4 aromatic rings. The van der Waals surface area contributed by atoms with Gasteiger partial charge in [-0.2, -0.15) is 0 Å². The molecular weight excluding hydrogens is 542 g/mol. The lowest BCUT2D eigenvalue weighted by Crippen LogP contribution is -2.53. The van der Waals surface area contributed by atoms with E-state index in [1.54, 1.807) is 12.1 Å². The SMILES string of the molecule is NC(=O)[C@H](Cc1ccccc1)NC(=O)C(CCC(=O)O)NC(=O)CCc1ccc(-c2ccc(-c3ccccc3)cc2)cc1. The molecule has 2 atom stereocenters. The summed E-state index contributed by atoms with van der Waals surface area (Å²) >= 11 is 0. The molecule has 43 heavy (non-hydrogen) atoms. The van der Waals surface area contributed by atoms with Crippen LogP contribution < -0.4 is 16.4 Å². The highest BCUT2D eigenvalue weighted by atomic mass is 16.4. The number of aliphatic carboxylic acids is 1. The third-order valence-electron chi connectivity index (χ3n) is 7.16. The number of carbonyl (C=O) groups excluding carboxylic acids is 3. The second-order valence-corrected chi connectivity index (χ2v) is 10.3. The summed E-state index contributed by atoms with van der Waals surface area (Å²) in [7, 11) is 0. The molecule has 0 spiro atoms. The Labute approximate surface area is 250 Å². The van der Waals surface area contributed by atoms with Crippen LogP contribution in [0, 0.1) is 0 Å². The number of nitrogens with one attached hydrogen (secondary N) is 2. The highest BCUT2D eigenvalue weighted by Crippen LogP contribution is 2.25. The Bertz CT molecular complexity index is 1520. The first kappa shape index (κ1) is 30.7. The van der Waals surface area contributed by atoms with Crippen LogP contribution in [0.2, 0.25) is 0 Å². The Morgan fingerprint density at radius 1 is 0.605 bits per heavy atom. The number of rotatable bonds is 14. The highest BCUT2D eigenvalue weighted by molar-refractivity contribution is 5.92. The van der Waals surface area contributed by atoms with E-state index in [9.17, 15) is 19.2 Å². The molecule has 0 aliphatic heterocycles. The molecule has 3 amide bonds. The lowest BCUT2D eigenvalue weighted by molar-refractivity contribution is -0.138. The molecule has 0 heterocycles. The highest BCUT2D eigenvalue weighted by Gasteiger charge is 2.26. The molecule has 0 radical (unpaired) electrons. The van der Waals surface area contributed by atoms with Gasteiger partial charge in [-0.1, -0.05) is 109 Å². The van der Waals surface area contributed by atoms with E-state index < -0.39 is 35.8 Å². The number of carboxylic acids is 1. The van der Waals surface area contributed by atoms with E-state index in [1.807, 2.05) is 60.7 Å². The molecule has 0 aliphatic carbocycles. The zero-order valence-electron chi connectivity index (χ0n) is 23.7. The van der Waals surface area contributed by atoms with E-state index in [-0.39, 0.29) is 25.7 Å². The van der Waals surface area contributed by atoms with Crippen molar-refractivity contribution in [3.63, 3.8) is 0 Å². The second kappa shape index (κ2) is 15.1. The van der Waals surface area contributed by atoms with Crippen molar-refractivity contribution in [2.45, 2.75) is 44.2 Å². The third-order valence-corrected chi connectivity index (χ3v) is 7.16. The Morgan fingerprint density at radius 2 is 1.12 bits per heavy atom. The first-order valence-electron chi connectivity index (χ1n) is 14.2. The second-order valence-electron chi connectivity index (χ2n) is 10.3. The largest absolute Gasteiger partial charge is 0.481 e. The number of hydrogen-bond acceptors (Lipinski definition) is 4. The maximum Gasteiger partial charge on any atom is 0.303 e. The van der Waals surface area contributed by atoms with Gasteiger partial charge in [-0.15, -0.1) is 0 Å². The van der Waals surface area contributed by atoms with E-state index in [4.69, 9.17) is 10.8 Å². The van der Waals surface area contributed by atoms with Crippen molar-refractivity contribution in [3.8, 4) is 22.3 Å². The molecule has 1 unspecified atom stereocenters. The van der Waals surface area contributed by atoms with Crippen LogP contribution in [0.3, 0.4) is 0 Å². The molecular formula is C35H35N3O5. The molecule has 0 bridgehead atoms. The average Bonchev–Trinajstić information content (AvgIpc) is 3.02. The zero-order chi connectivity index (χ0) is 30.6. The number of carbonyl (C=O) groups is 4. The average molecular weight is 578 g/mol. The van der Waals surface area contributed by atoms with Crippen molar-refractivity contribution in [2.75, 3.05) is 0 Å². The maximum absolute atomic E-state index is 13.0. The fourth-order valence-corrected chi connectivity index (χ4v) is 4.76. The van der Waals surface area contributed by atoms with E-state index in [1.165, 1.54) is 0 Å². The van der Waals surface area contributed by atoms with Gasteiger partial charge in [0.05, 0.1) is 0 Å². The summed E-state index contributed by atoms with van der Waals surface area (Å²) < 4.78 is 0. The van der Waals surface area contributed by atoms with Crippen LogP contribution in [0.5, 0.6) is 0 Å². The van der Waals surface area contributed by atoms with Gasteiger partial charge in [0.2, 0.25) is 17.7 Å². The Balaban J connectivity index is 1.33. The van der Waals surface area contributed by atoms with E-state index in [0.29, 0.717) is 6.42 Å². The maximum atomic E-state index is 13.0. The molecule has 8 heteroatoms. The van der Waals surface area contributed by atoms with Crippen molar-refractivity contribution >= 4 is 23.7 Å². The molecule has 0 fully saturated rings. The van der Waals surface area contributed by atoms with Crippen molar-refractivity contribution in [3.05, 3.63) is 120 Å². The lowest BCUT2D eigenvalue weighted by Gasteiger charge is -2.22. The minimum absolute atomic E-state index is 0.102.